The quantitative estimate of drug-likeness (QED) is 0.299. The molecule has 1 saturated heterocycles. The molecule has 36 heavy (non-hydrogen) atoms. The van der Waals surface area contributed by atoms with Gasteiger partial charge in [-0.2, -0.15) is 0 Å². The highest BCUT2D eigenvalue weighted by atomic mass is 16.6. The van der Waals surface area contributed by atoms with Crippen LogP contribution in [0.25, 0.3) is 5.76 Å². The second kappa shape index (κ2) is 10.9. The highest BCUT2D eigenvalue weighted by Gasteiger charge is 2.44. The van der Waals surface area contributed by atoms with Crippen LogP contribution in [0, 0.1) is 0 Å². The van der Waals surface area contributed by atoms with E-state index in [0.717, 1.165) is 19.6 Å². The van der Waals surface area contributed by atoms with Gasteiger partial charge in [0.2, 0.25) is 5.78 Å². The number of hydrogen-bond donors (Lipinski definition) is 2. The summed E-state index contributed by atoms with van der Waals surface area (Å²) in [4.78, 5) is 29.3. The Bertz CT molecular complexity index is 1170. The molecule has 9 heteroatoms. The maximum Gasteiger partial charge on any atom is 0.295 e. The summed E-state index contributed by atoms with van der Waals surface area (Å²) in [5.41, 5.74) is 0.625. The van der Waals surface area contributed by atoms with Gasteiger partial charge >= 0.3 is 0 Å². The van der Waals surface area contributed by atoms with E-state index in [1.54, 1.807) is 30.3 Å². The van der Waals surface area contributed by atoms with Crippen molar-refractivity contribution in [2.24, 2.45) is 0 Å². The second-order valence-corrected chi connectivity index (χ2v) is 8.82. The number of benzene rings is 2. The largest absolute Gasteiger partial charge is 0.872 e. The fourth-order valence-corrected chi connectivity index (χ4v) is 4.75. The Morgan fingerprint density at radius 2 is 1.83 bits per heavy atom. The lowest BCUT2D eigenvalue weighted by Gasteiger charge is -2.28. The Kier molecular flexibility index (Phi) is 7.69. The van der Waals surface area contributed by atoms with E-state index in [4.69, 9.17) is 14.2 Å². The molecule has 2 aromatic rings. The Hall–Kier alpha value is -3.72. The van der Waals surface area contributed by atoms with Crippen molar-refractivity contribution >= 4 is 17.4 Å². The van der Waals surface area contributed by atoms with Gasteiger partial charge in [0.15, 0.2) is 23.0 Å². The first-order valence-electron chi connectivity index (χ1n) is 12.3. The molecule has 1 amide bonds. The van der Waals surface area contributed by atoms with Crippen molar-refractivity contribution in [1.82, 2.24) is 4.90 Å². The number of nitrogens with one attached hydrogen (secondary N) is 1. The van der Waals surface area contributed by atoms with Crippen LogP contribution >= 0.6 is 0 Å². The topological polar surface area (TPSA) is 113 Å². The fourth-order valence-electron chi connectivity index (χ4n) is 4.75. The summed E-state index contributed by atoms with van der Waals surface area (Å²) in [6, 6.07) is 8.45. The third-order valence-corrected chi connectivity index (χ3v) is 6.78. The number of amides is 1. The molecule has 9 nitrogen and oxygen atoms in total. The monoisotopic (exact) mass is 496 g/mol. The molecular formula is C27H32N2O7. The van der Waals surface area contributed by atoms with Crippen LogP contribution in [0.2, 0.25) is 0 Å². The molecule has 1 fully saturated rings. The number of carbonyl (C=O) groups excluding carboxylic acids is 2. The zero-order valence-corrected chi connectivity index (χ0v) is 20.8. The molecule has 2 aliphatic heterocycles. The summed E-state index contributed by atoms with van der Waals surface area (Å²) >= 11 is 0. The van der Waals surface area contributed by atoms with Gasteiger partial charge in [-0.15, -0.1) is 0 Å². The van der Waals surface area contributed by atoms with Crippen LogP contribution in [0.4, 0.5) is 0 Å². The number of Topliss-reactive ketones (excluding diaryl/α,β-unsaturated/α-hetero) is 1. The Balaban J connectivity index is 1.77. The van der Waals surface area contributed by atoms with Gasteiger partial charge in [0.25, 0.3) is 5.91 Å². The number of carbonyl (C=O) groups is 2. The van der Waals surface area contributed by atoms with Gasteiger partial charge in [-0.25, -0.2) is 0 Å². The number of ether oxygens (including phenoxy) is 3. The average Bonchev–Trinajstić information content (AvgIpc) is 3.15. The normalized spacial score (nSPS) is 18.7. The number of phenols is 1. The molecular weight excluding hydrogens is 464 g/mol. The van der Waals surface area contributed by atoms with Gasteiger partial charge in [-0.3, -0.25) is 9.59 Å². The first kappa shape index (κ1) is 25.4. The number of rotatable bonds is 9. The van der Waals surface area contributed by atoms with Crippen LogP contribution < -0.4 is 24.2 Å². The molecule has 0 aromatic heterocycles. The average molecular weight is 497 g/mol. The first-order valence-corrected chi connectivity index (χ1v) is 12.3. The van der Waals surface area contributed by atoms with Crippen LogP contribution in [0.15, 0.2) is 42.0 Å². The standard InChI is InChI=1S/C27H32N2O7/c1-4-28(5-2)11-6-12-29-24(17-7-9-19(30)21(15-17)34-3)23(26(32)27(29)33)25(31)18-8-10-20-22(16-18)36-14-13-35-20/h7-10,15-16,24,30-31H,4-6,11-14H2,1-3H3/b25-23+. The molecule has 1 unspecified atom stereocenters. The van der Waals surface area contributed by atoms with Crippen LogP contribution in [0.5, 0.6) is 23.0 Å². The molecule has 2 heterocycles. The highest BCUT2D eigenvalue weighted by Crippen LogP contribution is 2.42. The Morgan fingerprint density at radius 3 is 2.53 bits per heavy atom. The maximum absolute atomic E-state index is 13.7. The van der Waals surface area contributed by atoms with Gasteiger partial charge in [-0.1, -0.05) is 17.9 Å². The number of hydrogen-bond acceptors (Lipinski definition) is 7. The van der Waals surface area contributed by atoms with E-state index in [9.17, 15) is 19.8 Å². The van der Waals surface area contributed by atoms with Gasteiger partial charge in [0.05, 0.1) is 32.8 Å². The van der Waals surface area contributed by atoms with Crippen LogP contribution in [0.1, 0.15) is 37.4 Å². The fraction of sp³-hybridized carbons (Fsp3) is 0.407. The number of quaternary nitrogens is 1. The predicted octanol–water partition coefficient (Wildman–Crippen LogP) is 0.711. The second-order valence-electron chi connectivity index (χ2n) is 8.82. The summed E-state index contributed by atoms with van der Waals surface area (Å²) in [5, 5.41) is 23.8. The zero-order valence-electron chi connectivity index (χ0n) is 20.8. The van der Waals surface area contributed by atoms with Crippen LogP contribution in [-0.2, 0) is 9.59 Å². The van der Waals surface area contributed by atoms with Crippen LogP contribution in [-0.4, -0.2) is 68.2 Å². The minimum Gasteiger partial charge on any atom is -0.872 e. The highest BCUT2D eigenvalue weighted by molar-refractivity contribution is 6.46. The third kappa shape index (κ3) is 4.83. The van der Waals surface area contributed by atoms with Crippen molar-refractivity contribution in [2.75, 3.05) is 46.5 Å². The molecule has 4 rings (SSSR count). The minimum atomic E-state index is -0.896. The molecule has 2 aliphatic rings. The van der Waals surface area contributed by atoms with Crippen molar-refractivity contribution in [1.29, 1.82) is 0 Å². The van der Waals surface area contributed by atoms with E-state index >= 15 is 0 Å². The molecule has 0 aliphatic carbocycles. The minimum absolute atomic E-state index is 0.0757. The predicted molar refractivity (Wildman–Crippen MR) is 130 cm³/mol. The van der Waals surface area contributed by atoms with Crippen molar-refractivity contribution in [3.8, 4) is 23.0 Å². The SMILES string of the molecule is CC[NH+](CC)CCCN1C(=O)C(=O)/C(=C(/[O-])c2ccc3c(c2)OCCO3)C1c1ccc(O)c(OC)c1. The lowest BCUT2D eigenvalue weighted by Crippen LogP contribution is -3.11. The summed E-state index contributed by atoms with van der Waals surface area (Å²) < 4.78 is 16.4. The maximum atomic E-state index is 13.7. The smallest absolute Gasteiger partial charge is 0.295 e. The number of fused-ring (bicyclic) bond motifs is 1. The van der Waals surface area contributed by atoms with E-state index < -0.39 is 23.5 Å². The summed E-state index contributed by atoms with van der Waals surface area (Å²) in [6.07, 6.45) is 0.674. The lowest BCUT2D eigenvalue weighted by molar-refractivity contribution is -0.896. The van der Waals surface area contributed by atoms with Gasteiger partial charge < -0.3 is 34.2 Å². The number of ketones is 1. The van der Waals surface area contributed by atoms with Crippen molar-refractivity contribution in [3.05, 3.63) is 53.1 Å². The van der Waals surface area contributed by atoms with E-state index in [1.165, 1.54) is 23.0 Å². The molecule has 2 N–H and O–H groups in total. The summed E-state index contributed by atoms with van der Waals surface area (Å²) in [5.74, 6) is -1.00. The van der Waals surface area contributed by atoms with E-state index in [0.29, 0.717) is 43.2 Å². The Labute approximate surface area is 210 Å². The first-order chi connectivity index (χ1) is 17.4. The summed E-state index contributed by atoms with van der Waals surface area (Å²) in [6.45, 7) is 8.06. The summed E-state index contributed by atoms with van der Waals surface area (Å²) in [7, 11) is 1.42. The molecule has 1 atom stereocenters. The molecule has 0 bridgehead atoms. The van der Waals surface area contributed by atoms with E-state index in [-0.39, 0.29) is 22.6 Å². The lowest BCUT2D eigenvalue weighted by atomic mass is 9.94. The van der Waals surface area contributed by atoms with Crippen LogP contribution in [0.3, 0.4) is 0 Å². The number of aromatic hydroxyl groups is 1. The number of likely N-dealkylation sites (tertiary alicyclic amines) is 1. The van der Waals surface area contributed by atoms with Gasteiger partial charge in [0, 0.05) is 18.5 Å². The van der Waals surface area contributed by atoms with E-state index in [1.807, 2.05) is 0 Å². The molecule has 2 aromatic carbocycles. The van der Waals surface area contributed by atoms with Gasteiger partial charge in [-0.05, 0) is 49.2 Å². The van der Waals surface area contributed by atoms with Crippen molar-refractivity contribution in [3.63, 3.8) is 0 Å². The number of methoxy groups -OCH3 is 1. The van der Waals surface area contributed by atoms with Crippen molar-refractivity contribution < 1.29 is 38.9 Å². The number of nitrogens with zero attached hydrogens (tertiary/aromatic N) is 1. The molecule has 192 valence electrons. The zero-order chi connectivity index (χ0) is 25.8. The molecule has 0 saturated carbocycles. The Morgan fingerprint density at radius 1 is 1.11 bits per heavy atom. The number of phenolic OH excluding ortho intramolecular Hbond substituents is 1. The van der Waals surface area contributed by atoms with Gasteiger partial charge in [0.1, 0.15) is 13.2 Å². The third-order valence-electron chi connectivity index (χ3n) is 6.78. The molecule has 0 radical (unpaired) electrons. The molecule has 0 spiro atoms. The van der Waals surface area contributed by atoms with E-state index in [2.05, 4.69) is 13.8 Å². The van der Waals surface area contributed by atoms with Crippen molar-refractivity contribution in [2.45, 2.75) is 26.3 Å².